The maximum atomic E-state index is 13.7. The van der Waals surface area contributed by atoms with Gasteiger partial charge in [0.25, 0.3) is 5.56 Å². The molecule has 1 aromatic carbocycles. The first-order valence-corrected chi connectivity index (χ1v) is 9.01. The third-order valence-electron chi connectivity index (χ3n) is 4.26. The van der Waals surface area contributed by atoms with Gasteiger partial charge in [-0.15, -0.1) is 0 Å². The van der Waals surface area contributed by atoms with Crippen LogP contribution in [0.15, 0.2) is 38.5 Å². The summed E-state index contributed by atoms with van der Waals surface area (Å²) in [5.41, 5.74) is -1.23. The molecule has 3 rings (SSSR count). The van der Waals surface area contributed by atoms with Crippen LogP contribution in [0.4, 0.5) is 8.78 Å². The Balaban J connectivity index is 1.57. The van der Waals surface area contributed by atoms with E-state index in [-0.39, 0.29) is 28.8 Å². The second-order valence-corrected chi connectivity index (χ2v) is 6.99. The van der Waals surface area contributed by atoms with E-state index in [0.29, 0.717) is 25.9 Å². The van der Waals surface area contributed by atoms with E-state index in [0.717, 1.165) is 16.7 Å². The number of piperidine rings is 1. The zero-order valence-electron chi connectivity index (χ0n) is 14.1. The summed E-state index contributed by atoms with van der Waals surface area (Å²) in [6, 6.07) is 3.12. The molecule has 1 aliphatic rings. The standard InChI is InChI=1S/C17H16BrF2N3O4/c18-12-8-23(17(26)21-16(12)25)9-15(24)22-5-3-11(4-6-22)27-14-2-1-10(19)7-13(14)20/h1-2,7-8,11H,3-6,9H2,(H,21,25,26). The molecule has 1 N–H and O–H groups in total. The predicted molar refractivity (Wildman–Crippen MR) is 95.6 cm³/mol. The maximum Gasteiger partial charge on any atom is 0.328 e. The van der Waals surface area contributed by atoms with Gasteiger partial charge < -0.3 is 9.64 Å². The first-order chi connectivity index (χ1) is 12.8. The average molecular weight is 444 g/mol. The normalized spacial score (nSPS) is 15.0. The molecule has 0 bridgehead atoms. The van der Waals surface area contributed by atoms with E-state index >= 15 is 0 Å². The van der Waals surface area contributed by atoms with Crippen LogP contribution >= 0.6 is 15.9 Å². The van der Waals surface area contributed by atoms with E-state index in [1.54, 1.807) is 4.90 Å². The number of aromatic amines is 1. The predicted octanol–water partition coefficient (Wildman–Crippen LogP) is 1.65. The van der Waals surface area contributed by atoms with Gasteiger partial charge in [-0.25, -0.2) is 13.6 Å². The van der Waals surface area contributed by atoms with Crippen LogP contribution in [0, 0.1) is 11.6 Å². The van der Waals surface area contributed by atoms with Gasteiger partial charge in [0, 0.05) is 38.2 Å². The minimum Gasteiger partial charge on any atom is -0.487 e. The van der Waals surface area contributed by atoms with E-state index in [4.69, 9.17) is 4.74 Å². The average Bonchev–Trinajstić information content (AvgIpc) is 2.62. The zero-order chi connectivity index (χ0) is 19.6. The SMILES string of the molecule is O=C(Cn1cc(Br)c(=O)[nH]c1=O)N1CCC(Oc2ccc(F)cc2F)CC1. The van der Waals surface area contributed by atoms with Crippen molar-refractivity contribution < 1.29 is 18.3 Å². The van der Waals surface area contributed by atoms with Crippen molar-refractivity contribution in [2.75, 3.05) is 13.1 Å². The molecule has 1 amide bonds. The lowest BCUT2D eigenvalue weighted by molar-refractivity contribution is -0.133. The largest absolute Gasteiger partial charge is 0.487 e. The van der Waals surface area contributed by atoms with E-state index in [2.05, 4.69) is 20.9 Å². The molecule has 0 aliphatic carbocycles. The number of carbonyl (C=O) groups excluding carboxylic acids is 1. The van der Waals surface area contributed by atoms with Gasteiger partial charge in [-0.05, 0) is 28.1 Å². The quantitative estimate of drug-likeness (QED) is 0.778. The molecule has 2 aromatic rings. The number of halogens is 3. The molecule has 27 heavy (non-hydrogen) atoms. The van der Waals surface area contributed by atoms with Crippen molar-refractivity contribution in [2.24, 2.45) is 0 Å². The van der Waals surface area contributed by atoms with Crippen LogP contribution in [-0.2, 0) is 11.3 Å². The number of hydrogen-bond donors (Lipinski definition) is 1. The van der Waals surface area contributed by atoms with Crippen LogP contribution in [0.1, 0.15) is 12.8 Å². The van der Waals surface area contributed by atoms with Crippen molar-refractivity contribution in [3.63, 3.8) is 0 Å². The van der Waals surface area contributed by atoms with Crippen molar-refractivity contribution in [3.05, 3.63) is 61.3 Å². The Labute approximate surface area is 160 Å². The third-order valence-corrected chi connectivity index (χ3v) is 4.82. The Morgan fingerprint density at radius 2 is 1.96 bits per heavy atom. The molecule has 10 heteroatoms. The number of hydrogen-bond acceptors (Lipinski definition) is 4. The number of benzene rings is 1. The molecule has 0 radical (unpaired) electrons. The Hall–Kier alpha value is -2.49. The second-order valence-electron chi connectivity index (χ2n) is 6.14. The molecular formula is C17H16BrF2N3O4. The lowest BCUT2D eigenvalue weighted by atomic mass is 10.1. The summed E-state index contributed by atoms with van der Waals surface area (Å²) in [7, 11) is 0. The number of carbonyl (C=O) groups is 1. The molecule has 0 unspecified atom stereocenters. The number of H-pyrrole nitrogens is 1. The number of ether oxygens (including phenoxy) is 1. The summed E-state index contributed by atoms with van der Waals surface area (Å²) in [5, 5.41) is 0. The fraction of sp³-hybridized carbons (Fsp3) is 0.353. The van der Waals surface area contributed by atoms with Gasteiger partial charge >= 0.3 is 5.69 Å². The van der Waals surface area contributed by atoms with E-state index in [9.17, 15) is 23.2 Å². The summed E-state index contributed by atoms with van der Waals surface area (Å²) in [6.07, 6.45) is 1.94. The Morgan fingerprint density at radius 3 is 2.63 bits per heavy atom. The monoisotopic (exact) mass is 443 g/mol. The summed E-state index contributed by atoms with van der Waals surface area (Å²) in [5.74, 6) is -1.74. The summed E-state index contributed by atoms with van der Waals surface area (Å²) < 4.78 is 33.4. The van der Waals surface area contributed by atoms with Gasteiger partial charge in [-0.3, -0.25) is 19.1 Å². The van der Waals surface area contributed by atoms with Crippen LogP contribution in [0.5, 0.6) is 5.75 Å². The highest BCUT2D eigenvalue weighted by Gasteiger charge is 2.25. The van der Waals surface area contributed by atoms with Gasteiger partial charge in [0.15, 0.2) is 11.6 Å². The molecule has 1 aromatic heterocycles. The van der Waals surface area contributed by atoms with Gasteiger partial charge in [0.1, 0.15) is 18.5 Å². The number of rotatable bonds is 4. The lowest BCUT2D eigenvalue weighted by Crippen LogP contribution is -2.44. The zero-order valence-corrected chi connectivity index (χ0v) is 15.7. The molecule has 1 fully saturated rings. The van der Waals surface area contributed by atoms with E-state index in [1.807, 2.05) is 0 Å². The maximum absolute atomic E-state index is 13.7. The number of nitrogens with zero attached hydrogens (tertiary/aromatic N) is 2. The summed E-state index contributed by atoms with van der Waals surface area (Å²) in [6.45, 7) is 0.559. The summed E-state index contributed by atoms with van der Waals surface area (Å²) >= 11 is 3.02. The number of likely N-dealkylation sites (tertiary alicyclic amines) is 1. The van der Waals surface area contributed by atoms with Gasteiger partial charge in [0.05, 0.1) is 4.47 Å². The van der Waals surface area contributed by atoms with Crippen molar-refractivity contribution in [3.8, 4) is 5.75 Å². The van der Waals surface area contributed by atoms with E-state index < -0.39 is 22.9 Å². The van der Waals surface area contributed by atoms with Crippen molar-refractivity contribution in [1.82, 2.24) is 14.5 Å². The Kier molecular flexibility index (Phi) is 5.73. The number of aromatic nitrogens is 2. The highest BCUT2D eigenvalue weighted by molar-refractivity contribution is 9.10. The van der Waals surface area contributed by atoms with Crippen LogP contribution in [0.25, 0.3) is 0 Å². The fourth-order valence-corrected chi connectivity index (χ4v) is 3.17. The molecule has 1 saturated heterocycles. The van der Waals surface area contributed by atoms with Crippen molar-refractivity contribution in [1.29, 1.82) is 0 Å². The number of nitrogens with one attached hydrogen (secondary N) is 1. The molecule has 2 heterocycles. The highest BCUT2D eigenvalue weighted by Crippen LogP contribution is 2.23. The summed E-state index contributed by atoms with van der Waals surface area (Å²) in [4.78, 5) is 39.2. The topological polar surface area (TPSA) is 84.4 Å². The van der Waals surface area contributed by atoms with Crippen LogP contribution in [-0.4, -0.2) is 39.6 Å². The smallest absolute Gasteiger partial charge is 0.328 e. The Morgan fingerprint density at radius 1 is 1.26 bits per heavy atom. The van der Waals surface area contributed by atoms with Crippen LogP contribution in [0.2, 0.25) is 0 Å². The molecular weight excluding hydrogens is 428 g/mol. The number of amides is 1. The Bertz CT molecular complexity index is 967. The molecule has 0 saturated carbocycles. The third kappa shape index (κ3) is 4.62. The lowest BCUT2D eigenvalue weighted by Gasteiger charge is -2.32. The molecule has 0 atom stereocenters. The van der Waals surface area contributed by atoms with Crippen molar-refractivity contribution in [2.45, 2.75) is 25.5 Å². The molecule has 0 spiro atoms. The van der Waals surface area contributed by atoms with Gasteiger partial charge in [-0.2, -0.15) is 0 Å². The van der Waals surface area contributed by atoms with E-state index in [1.165, 1.54) is 12.3 Å². The van der Waals surface area contributed by atoms with Gasteiger partial charge in [-0.1, -0.05) is 0 Å². The van der Waals surface area contributed by atoms with Crippen LogP contribution < -0.4 is 16.0 Å². The molecule has 144 valence electrons. The first kappa shape index (κ1) is 19.3. The molecule has 7 nitrogen and oxygen atoms in total. The van der Waals surface area contributed by atoms with Gasteiger partial charge in [0.2, 0.25) is 5.91 Å². The fourth-order valence-electron chi connectivity index (χ4n) is 2.82. The molecule has 1 aliphatic heterocycles. The minimum atomic E-state index is -0.767. The van der Waals surface area contributed by atoms with Crippen LogP contribution in [0.3, 0.4) is 0 Å². The minimum absolute atomic E-state index is 0.0224. The highest BCUT2D eigenvalue weighted by atomic mass is 79.9. The second kappa shape index (κ2) is 8.03. The first-order valence-electron chi connectivity index (χ1n) is 8.22. The van der Waals surface area contributed by atoms with Crippen molar-refractivity contribution >= 4 is 21.8 Å².